The third-order valence-corrected chi connectivity index (χ3v) is 3.72. The molecule has 0 amide bonds. The first kappa shape index (κ1) is 16.1. The molecule has 0 radical (unpaired) electrons. The van der Waals surface area contributed by atoms with Crippen LogP contribution in [0.15, 0.2) is 23.4 Å². The Morgan fingerprint density at radius 3 is 2.59 bits per heavy atom. The van der Waals surface area contributed by atoms with Gasteiger partial charge in [0.15, 0.2) is 10.8 Å². The molecule has 0 unspecified atom stereocenters. The molecule has 0 aromatic carbocycles. The van der Waals surface area contributed by atoms with Gasteiger partial charge in [0.1, 0.15) is 5.56 Å². The van der Waals surface area contributed by atoms with E-state index < -0.39 is 21.0 Å². The summed E-state index contributed by atoms with van der Waals surface area (Å²) in [5.41, 5.74) is 1.34. The van der Waals surface area contributed by atoms with Gasteiger partial charge in [-0.1, -0.05) is 0 Å². The van der Waals surface area contributed by atoms with Crippen LogP contribution in [0.4, 0.5) is 0 Å². The Labute approximate surface area is 128 Å². The number of nitrogens with zero attached hydrogens (tertiary/aromatic N) is 3. The first-order valence-electron chi connectivity index (χ1n) is 6.47. The van der Waals surface area contributed by atoms with E-state index >= 15 is 0 Å². The molecule has 2 heterocycles. The van der Waals surface area contributed by atoms with Crippen LogP contribution in [0.1, 0.15) is 28.5 Å². The van der Waals surface area contributed by atoms with Crippen LogP contribution in [0.5, 0.6) is 0 Å². The van der Waals surface area contributed by atoms with Crippen LogP contribution in [0, 0.1) is 13.8 Å². The van der Waals surface area contributed by atoms with Crippen molar-refractivity contribution in [1.82, 2.24) is 14.8 Å². The zero-order valence-corrected chi connectivity index (χ0v) is 13.2. The molecule has 2 N–H and O–H groups in total. The standard InChI is InChI=1S/C13H16N4O4S/c1-4-21-13(18)10-7-15-17(12(10)22(14,19)20)11-6-8(2)5-9(3)16-11/h5-7H,4H2,1-3H3,(H2,14,19,20). The molecule has 9 heteroatoms. The van der Waals surface area contributed by atoms with Gasteiger partial charge in [-0.05, 0) is 38.5 Å². The fraction of sp³-hybridized carbons (Fsp3) is 0.308. The number of ether oxygens (including phenoxy) is 1. The van der Waals surface area contributed by atoms with Gasteiger partial charge in [0.05, 0.1) is 12.8 Å². The molecule has 2 aromatic rings. The lowest BCUT2D eigenvalue weighted by Gasteiger charge is -2.08. The van der Waals surface area contributed by atoms with Gasteiger partial charge >= 0.3 is 5.97 Å². The molecular formula is C13H16N4O4S. The highest BCUT2D eigenvalue weighted by molar-refractivity contribution is 7.89. The van der Waals surface area contributed by atoms with E-state index in [2.05, 4.69) is 10.1 Å². The number of rotatable bonds is 4. The Hall–Kier alpha value is -2.26. The Kier molecular flexibility index (Phi) is 4.29. The number of hydrogen-bond donors (Lipinski definition) is 1. The van der Waals surface area contributed by atoms with Gasteiger partial charge < -0.3 is 4.74 Å². The minimum Gasteiger partial charge on any atom is -0.462 e. The van der Waals surface area contributed by atoms with Crippen molar-refractivity contribution >= 4 is 16.0 Å². The molecule has 0 saturated heterocycles. The fourth-order valence-corrected chi connectivity index (χ4v) is 2.88. The van der Waals surface area contributed by atoms with E-state index in [4.69, 9.17) is 9.88 Å². The normalized spacial score (nSPS) is 11.5. The Balaban J connectivity index is 2.70. The summed E-state index contributed by atoms with van der Waals surface area (Å²) in [4.78, 5) is 16.1. The second kappa shape index (κ2) is 5.85. The maximum Gasteiger partial charge on any atom is 0.342 e. The van der Waals surface area contributed by atoms with Crippen molar-refractivity contribution in [3.63, 3.8) is 0 Å². The van der Waals surface area contributed by atoms with Gasteiger partial charge in [-0.25, -0.2) is 28.0 Å². The number of aryl methyl sites for hydroxylation is 2. The summed E-state index contributed by atoms with van der Waals surface area (Å²) < 4.78 is 29.6. The quantitative estimate of drug-likeness (QED) is 0.828. The molecule has 0 aliphatic carbocycles. The Bertz CT molecular complexity index is 806. The molecule has 2 rings (SSSR count). The number of nitrogens with two attached hydrogens (primary N) is 1. The zero-order valence-electron chi connectivity index (χ0n) is 12.4. The average Bonchev–Trinajstić information content (AvgIpc) is 2.82. The second-order valence-electron chi connectivity index (χ2n) is 4.68. The van der Waals surface area contributed by atoms with E-state index in [1.54, 1.807) is 19.9 Å². The van der Waals surface area contributed by atoms with E-state index in [1.807, 2.05) is 13.0 Å². The number of primary sulfonamides is 1. The fourth-order valence-electron chi connectivity index (χ4n) is 2.05. The van der Waals surface area contributed by atoms with Crippen molar-refractivity contribution < 1.29 is 17.9 Å². The lowest BCUT2D eigenvalue weighted by molar-refractivity contribution is 0.0521. The molecular weight excluding hydrogens is 308 g/mol. The van der Waals surface area contributed by atoms with Crippen molar-refractivity contribution in [3.8, 4) is 5.82 Å². The van der Waals surface area contributed by atoms with Crippen LogP contribution in [0.2, 0.25) is 0 Å². The van der Waals surface area contributed by atoms with Crippen LogP contribution < -0.4 is 5.14 Å². The van der Waals surface area contributed by atoms with Crippen LogP contribution in [-0.4, -0.2) is 35.8 Å². The molecule has 2 aromatic heterocycles. The van der Waals surface area contributed by atoms with Gasteiger partial charge in [0.2, 0.25) is 0 Å². The Morgan fingerprint density at radius 2 is 2.05 bits per heavy atom. The summed E-state index contributed by atoms with van der Waals surface area (Å²) >= 11 is 0. The third-order valence-electron chi connectivity index (χ3n) is 2.79. The second-order valence-corrected chi connectivity index (χ2v) is 6.16. The predicted molar refractivity (Wildman–Crippen MR) is 78.2 cm³/mol. The minimum absolute atomic E-state index is 0.107. The lowest BCUT2D eigenvalue weighted by Crippen LogP contribution is -2.21. The van der Waals surface area contributed by atoms with Crippen molar-refractivity contribution in [3.05, 3.63) is 35.2 Å². The van der Waals surface area contributed by atoms with Crippen LogP contribution in [0.3, 0.4) is 0 Å². The van der Waals surface area contributed by atoms with Gasteiger partial charge in [0, 0.05) is 5.69 Å². The maximum absolute atomic E-state index is 11.9. The first-order chi connectivity index (χ1) is 10.2. The SMILES string of the molecule is CCOC(=O)c1cnn(-c2cc(C)cc(C)n2)c1S(N)(=O)=O. The average molecular weight is 324 g/mol. The van der Waals surface area contributed by atoms with E-state index in [9.17, 15) is 13.2 Å². The number of aromatic nitrogens is 3. The zero-order chi connectivity index (χ0) is 16.5. The van der Waals surface area contributed by atoms with Crippen molar-refractivity contribution in [2.24, 2.45) is 5.14 Å². The maximum atomic E-state index is 11.9. The molecule has 8 nitrogen and oxygen atoms in total. The van der Waals surface area contributed by atoms with Crippen molar-refractivity contribution in [2.75, 3.05) is 6.61 Å². The summed E-state index contributed by atoms with van der Waals surface area (Å²) in [6, 6.07) is 3.47. The van der Waals surface area contributed by atoms with E-state index in [1.165, 1.54) is 0 Å². The summed E-state index contributed by atoms with van der Waals surface area (Å²) in [6.07, 6.45) is 1.11. The largest absolute Gasteiger partial charge is 0.462 e. The molecule has 22 heavy (non-hydrogen) atoms. The smallest absolute Gasteiger partial charge is 0.342 e. The van der Waals surface area contributed by atoms with Crippen molar-refractivity contribution in [2.45, 2.75) is 25.8 Å². The van der Waals surface area contributed by atoms with Crippen LogP contribution in [-0.2, 0) is 14.8 Å². The number of carbonyl (C=O) groups excluding carboxylic acids is 1. The van der Waals surface area contributed by atoms with Gasteiger partial charge in [-0.3, -0.25) is 0 Å². The topological polar surface area (TPSA) is 117 Å². The molecule has 118 valence electrons. The van der Waals surface area contributed by atoms with Gasteiger partial charge in [-0.2, -0.15) is 5.10 Å². The van der Waals surface area contributed by atoms with Crippen LogP contribution in [0.25, 0.3) is 5.82 Å². The van der Waals surface area contributed by atoms with Gasteiger partial charge in [0.25, 0.3) is 10.0 Å². The van der Waals surface area contributed by atoms with Crippen molar-refractivity contribution in [1.29, 1.82) is 0 Å². The van der Waals surface area contributed by atoms with E-state index in [0.717, 1.165) is 16.4 Å². The summed E-state index contributed by atoms with van der Waals surface area (Å²) in [5.74, 6) is -0.542. The molecule has 0 aliphatic rings. The summed E-state index contributed by atoms with van der Waals surface area (Å²) in [6.45, 7) is 5.33. The number of carbonyl (C=O) groups is 1. The predicted octanol–water partition coefficient (Wildman–Crippen LogP) is 0.708. The minimum atomic E-state index is -4.20. The number of hydrogen-bond acceptors (Lipinski definition) is 6. The lowest BCUT2D eigenvalue weighted by atomic mass is 10.2. The van der Waals surface area contributed by atoms with Crippen LogP contribution >= 0.6 is 0 Å². The summed E-state index contributed by atoms with van der Waals surface area (Å²) in [5, 5.41) is 8.72. The third kappa shape index (κ3) is 3.15. The Morgan fingerprint density at radius 1 is 1.36 bits per heavy atom. The summed E-state index contributed by atoms with van der Waals surface area (Å²) in [7, 11) is -4.20. The number of sulfonamides is 1. The molecule has 0 atom stereocenters. The molecule has 0 spiro atoms. The van der Waals surface area contributed by atoms with E-state index in [0.29, 0.717) is 5.69 Å². The first-order valence-corrected chi connectivity index (χ1v) is 8.02. The monoisotopic (exact) mass is 324 g/mol. The van der Waals surface area contributed by atoms with E-state index in [-0.39, 0.29) is 18.0 Å². The highest BCUT2D eigenvalue weighted by atomic mass is 32.2. The molecule has 0 saturated carbocycles. The highest BCUT2D eigenvalue weighted by Crippen LogP contribution is 2.20. The highest BCUT2D eigenvalue weighted by Gasteiger charge is 2.28. The number of pyridine rings is 1. The molecule has 0 aliphatic heterocycles. The molecule has 0 fully saturated rings. The molecule has 0 bridgehead atoms. The van der Waals surface area contributed by atoms with Gasteiger partial charge in [-0.15, -0.1) is 0 Å². The number of esters is 1.